The van der Waals surface area contributed by atoms with E-state index in [2.05, 4.69) is 12.2 Å². The fourth-order valence-electron chi connectivity index (χ4n) is 1.94. The van der Waals surface area contributed by atoms with E-state index < -0.39 is 6.03 Å². The normalized spacial score (nSPS) is 34.2. The van der Waals surface area contributed by atoms with Crippen molar-refractivity contribution in [2.45, 2.75) is 38.3 Å². The summed E-state index contributed by atoms with van der Waals surface area (Å²) < 4.78 is 5.32. The second-order valence-corrected chi connectivity index (χ2v) is 3.77. The van der Waals surface area contributed by atoms with Crippen LogP contribution in [0.4, 0.5) is 4.79 Å². The van der Waals surface area contributed by atoms with Crippen LogP contribution in [0, 0.1) is 5.92 Å². The van der Waals surface area contributed by atoms with E-state index in [-0.39, 0.29) is 12.1 Å². The van der Waals surface area contributed by atoms with Crippen LogP contribution in [0.2, 0.25) is 0 Å². The van der Waals surface area contributed by atoms with Crippen LogP contribution in [0.25, 0.3) is 0 Å². The van der Waals surface area contributed by atoms with Crippen LogP contribution in [0.3, 0.4) is 0 Å². The van der Waals surface area contributed by atoms with E-state index in [0.29, 0.717) is 5.92 Å². The van der Waals surface area contributed by atoms with Crippen molar-refractivity contribution < 1.29 is 9.53 Å². The number of urea groups is 1. The molecule has 1 rings (SSSR count). The minimum atomic E-state index is -0.436. The van der Waals surface area contributed by atoms with Gasteiger partial charge in [-0.05, 0) is 25.2 Å². The van der Waals surface area contributed by atoms with Crippen LogP contribution in [0.15, 0.2) is 0 Å². The van der Waals surface area contributed by atoms with Gasteiger partial charge in [-0.2, -0.15) is 0 Å². The molecule has 0 aromatic rings. The SMILES string of the molecule is COC1CC(NC(N)=O)CCC1C. The maximum atomic E-state index is 10.6. The fraction of sp³-hybridized carbons (Fsp3) is 0.889. The molecule has 4 nitrogen and oxygen atoms in total. The van der Waals surface area contributed by atoms with Crippen LogP contribution in [0.1, 0.15) is 26.2 Å². The Bertz CT molecular complexity index is 184. The van der Waals surface area contributed by atoms with Gasteiger partial charge in [0.05, 0.1) is 6.10 Å². The van der Waals surface area contributed by atoms with Gasteiger partial charge in [0.25, 0.3) is 0 Å². The Morgan fingerprint density at radius 2 is 2.23 bits per heavy atom. The van der Waals surface area contributed by atoms with Crippen LogP contribution in [-0.2, 0) is 4.74 Å². The van der Waals surface area contributed by atoms with Gasteiger partial charge in [-0.15, -0.1) is 0 Å². The fourth-order valence-corrected chi connectivity index (χ4v) is 1.94. The third kappa shape index (κ3) is 2.88. The summed E-state index contributed by atoms with van der Waals surface area (Å²) in [7, 11) is 1.72. The standard InChI is InChI=1S/C9H18N2O2/c1-6-3-4-7(11-9(10)12)5-8(6)13-2/h6-8H,3-5H2,1-2H3,(H3,10,11,12). The van der Waals surface area contributed by atoms with Crippen LogP contribution in [-0.4, -0.2) is 25.3 Å². The monoisotopic (exact) mass is 186 g/mol. The quantitative estimate of drug-likeness (QED) is 0.671. The molecule has 0 spiro atoms. The smallest absolute Gasteiger partial charge is 0.312 e. The number of hydrogen-bond donors (Lipinski definition) is 2. The Kier molecular flexibility index (Phi) is 3.54. The highest BCUT2D eigenvalue weighted by atomic mass is 16.5. The minimum Gasteiger partial charge on any atom is -0.381 e. The highest BCUT2D eigenvalue weighted by Crippen LogP contribution is 2.26. The molecule has 0 heterocycles. The molecule has 0 saturated heterocycles. The number of nitrogens with two attached hydrogens (primary N) is 1. The zero-order valence-corrected chi connectivity index (χ0v) is 8.25. The Hall–Kier alpha value is -0.770. The number of carbonyl (C=O) groups excluding carboxylic acids is 1. The van der Waals surface area contributed by atoms with Gasteiger partial charge in [0.15, 0.2) is 0 Å². The Morgan fingerprint density at radius 1 is 1.54 bits per heavy atom. The van der Waals surface area contributed by atoms with Crippen molar-refractivity contribution in [1.29, 1.82) is 0 Å². The molecule has 76 valence electrons. The predicted molar refractivity (Wildman–Crippen MR) is 50.3 cm³/mol. The first-order valence-corrected chi connectivity index (χ1v) is 4.72. The van der Waals surface area contributed by atoms with Gasteiger partial charge in [-0.25, -0.2) is 4.79 Å². The van der Waals surface area contributed by atoms with Gasteiger partial charge in [-0.1, -0.05) is 6.92 Å². The molecule has 0 aromatic carbocycles. The van der Waals surface area contributed by atoms with E-state index in [1.54, 1.807) is 7.11 Å². The Morgan fingerprint density at radius 3 is 2.77 bits per heavy atom. The van der Waals surface area contributed by atoms with Crippen molar-refractivity contribution in [3.63, 3.8) is 0 Å². The average Bonchev–Trinajstić information content (AvgIpc) is 2.07. The summed E-state index contributed by atoms with van der Waals surface area (Å²) in [5.74, 6) is 0.580. The lowest BCUT2D eigenvalue weighted by atomic mass is 9.85. The third-order valence-electron chi connectivity index (χ3n) is 2.77. The number of methoxy groups -OCH3 is 1. The number of amides is 2. The number of primary amides is 1. The molecular weight excluding hydrogens is 168 g/mol. The van der Waals surface area contributed by atoms with Crippen LogP contribution < -0.4 is 11.1 Å². The molecule has 0 aromatic heterocycles. The molecule has 13 heavy (non-hydrogen) atoms. The molecule has 3 unspecified atom stereocenters. The maximum absolute atomic E-state index is 10.6. The van der Waals surface area contributed by atoms with E-state index in [1.807, 2.05) is 0 Å². The maximum Gasteiger partial charge on any atom is 0.312 e. The molecule has 2 amide bonds. The molecule has 0 aliphatic heterocycles. The number of ether oxygens (including phenoxy) is 1. The van der Waals surface area contributed by atoms with Gasteiger partial charge in [-0.3, -0.25) is 0 Å². The molecule has 1 saturated carbocycles. The van der Waals surface area contributed by atoms with E-state index in [1.165, 1.54) is 0 Å². The summed E-state index contributed by atoms with van der Waals surface area (Å²) in [5, 5.41) is 2.73. The molecule has 0 bridgehead atoms. The number of rotatable bonds is 2. The second-order valence-electron chi connectivity index (χ2n) is 3.77. The van der Waals surface area contributed by atoms with Crippen LogP contribution >= 0.6 is 0 Å². The number of nitrogens with one attached hydrogen (secondary N) is 1. The molecule has 0 radical (unpaired) electrons. The summed E-state index contributed by atoms with van der Waals surface area (Å²) in [5.41, 5.74) is 5.05. The van der Waals surface area contributed by atoms with Crippen molar-refractivity contribution in [2.75, 3.05) is 7.11 Å². The average molecular weight is 186 g/mol. The summed E-state index contributed by atoms with van der Waals surface area (Å²) in [6.45, 7) is 2.18. The Labute approximate surface area is 78.8 Å². The molecule has 4 heteroatoms. The molecule has 3 atom stereocenters. The highest BCUT2D eigenvalue weighted by Gasteiger charge is 2.27. The van der Waals surface area contributed by atoms with Gasteiger partial charge in [0, 0.05) is 13.2 Å². The van der Waals surface area contributed by atoms with Crippen molar-refractivity contribution in [2.24, 2.45) is 11.7 Å². The van der Waals surface area contributed by atoms with Crippen molar-refractivity contribution in [1.82, 2.24) is 5.32 Å². The van der Waals surface area contributed by atoms with E-state index in [0.717, 1.165) is 19.3 Å². The van der Waals surface area contributed by atoms with E-state index >= 15 is 0 Å². The highest BCUT2D eigenvalue weighted by molar-refractivity contribution is 5.71. The lowest BCUT2D eigenvalue weighted by Crippen LogP contribution is -2.44. The summed E-state index contributed by atoms with van der Waals surface area (Å²) in [4.78, 5) is 10.6. The minimum absolute atomic E-state index is 0.193. The van der Waals surface area contributed by atoms with Gasteiger partial charge in [0.2, 0.25) is 0 Å². The van der Waals surface area contributed by atoms with E-state index in [4.69, 9.17) is 10.5 Å². The van der Waals surface area contributed by atoms with Gasteiger partial charge in [0.1, 0.15) is 0 Å². The van der Waals surface area contributed by atoms with Gasteiger partial charge < -0.3 is 15.8 Å². The molecular formula is C9H18N2O2. The second kappa shape index (κ2) is 4.46. The molecule has 1 aliphatic carbocycles. The molecule has 1 aliphatic rings. The zero-order valence-electron chi connectivity index (χ0n) is 8.25. The van der Waals surface area contributed by atoms with Crippen molar-refractivity contribution in [3.05, 3.63) is 0 Å². The number of carbonyl (C=O) groups is 1. The van der Waals surface area contributed by atoms with E-state index in [9.17, 15) is 4.79 Å². The van der Waals surface area contributed by atoms with Crippen molar-refractivity contribution >= 4 is 6.03 Å². The van der Waals surface area contributed by atoms with Crippen LogP contribution in [0.5, 0.6) is 0 Å². The van der Waals surface area contributed by atoms with Gasteiger partial charge >= 0.3 is 6.03 Å². The predicted octanol–water partition coefficient (Wildman–Crippen LogP) is 0.858. The summed E-state index contributed by atoms with van der Waals surface area (Å²) >= 11 is 0. The number of hydrogen-bond acceptors (Lipinski definition) is 2. The zero-order chi connectivity index (χ0) is 9.84. The lowest BCUT2D eigenvalue weighted by molar-refractivity contribution is 0.0214. The summed E-state index contributed by atoms with van der Waals surface area (Å²) in [6.07, 6.45) is 3.22. The van der Waals surface area contributed by atoms with Crippen molar-refractivity contribution in [3.8, 4) is 0 Å². The molecule has 3 N–H and O–H groups in total. The Balaban J connectivity index is 2.40. The first kappa shape index (κ1) is 10.3. The lowest BCUT2D eigenvalue weighted by Gasteiger charge is -2.33. The first-order chi connectivity index (χ1) is 6.13. The molecule has 1 fully saturated rings. The topological polar surface area (TPSA) is 64.3 Å². The summed E-state index contributed by atoms with van der Waals surface area (Å²) in [6, 6.07) is -0.243. The first-order valence-electron chi connectivity index (χ1n) is 4.72. The third-order valence-corrected chi connectivity index (χ3v) is 2.77. The largest absolute Gasteiger partial charge is 0.381 e.